The SMILES string of the molecule is CC(C)N[Si](NC(C)C)(C(C)C)C1CCCC1. The number of hydrogen-bond acceptors (Lipinski definition) is 2. The van der Waals surface area contributed by atoms with Crippen molar-refractivity contribution >= 4 is 8.40 Å². The molecule has 1 rings (SSSR count). The van der Waals surface area contributed by atoms with Crippen molar-refractivity contribution in [1.82, 2.24) is 9.96 Å². The molecule has 0 radical (unpaired) electrons. The zero-order valence-electron chi connectivity index (χ0n) is 12.6. The highest BCUT2D eigenvalue weighted by Gasteiger charge is 2.46. The Kier molecular flexibility index (Phi) is 5.67. The molecular formula is C14H32N2Si. The highest BCUT2D eigenvalue weighted by atomic mass is 28.3. The molecular weight excluding hydrogens is 224 g/mol. The van der Waals surface area contributed by atoms with Gasteiger partial charge in [0, 0.05) is 0 Å². The predicted octanol–water partition coefficient (Wildman–Crippen LogP) is 3.78. The minimum Gasteiger partial charge on any atom is -0.323 e. The Balaban J connectivity index is 2.91. The van der Waals surface area contributed by atoms with Crippen molar-refractivity contribution in [2.45, 2.75) is 90.4 Å². The third kappa shape index (κ3) is 3.80. The molecule has 0 atom stereocenters. The van der Waals surface area contributed by atoms with Gasteiger partial charge in [0.05, 0.1) is 0 Å². The van der Waals surface area contributed by atoms with Crippen LogP contribution in [0.15, 0.2) is 0 Å². The lowest BCUT2D eigenvalue weighted by molar-refractivity contribution is 0.593. The summed E-state index contributed by atoms with van der Waals surface area (Å²) in [4.78, 5) is 7.99. The summed E-state index contributed by atoms with van der Waals surface area (Å²) in [5.74, 6) is 0. The Labute approximate surface area is 109 Å². The fourth-order valence-electron chi connectivity index (χ4n) is 3.42. The van der Waals surface area contributed by atoms with Crippen molar-refractivity contribution < 1.29 is 0 Å². The number of rotatable bonds is 6. The molecule has 1 saturated carbocycles. The summed E-state index contributed by atoms with van der Waals surface area (Å²) < 4.78 is 0. The van der Waals surface area contributed by atoms with Crippen molar-refractivity contribution in [1.29, 1.82) is 0 Å². The van der Waals surface area contributed by atoms with E-state index in [1.165, 1.54) is 25.7 Å². The molecule has 1 fully saturated rings. The molecule has 2 N–H and O–H groups in total. The molecule has 0 aliphatic heterocycles. The minimum absolute atomic E-state index is 0.593. The highest BCUT2D eigenvalue weighted by Crippen LogP contribution is 2.41. The van der Waals surface area contributed by atoms with Crippen LogP contribution in [0, 0.1) is 0 Å². The van der Waals surface area contributed by atoms with Crippen LogP contribution in [-0.2, 0) is 0 Å². The molecule has 0 spiro atoms. The summed E-state index contributed by atoms with van der Waals surface area (Å²) in [5.41, 5.74) is 1.68. The largest absolute Gasteiger partial charge is 0.323 e. The predicted molar refractivity (Wildman–Crippen MR) is 79.6 cm³/mol. The maximum absolute atomic E-state index is 3.99. The second-order valence-corrected chi connectivity index (χ2v) is 10.9. The lowest BCUT2D eigenvalue weighted by Crippen LogP contribution is -2.70. The van der Waals surface area contributed by atoms with E-state index in [1.807, 2.05) is 0 Å². The zero-order valence-corrected chi connectivity index (χ0v) is 13.6. The molecule has 0 aromatic carbocycles. The maximum Gasteiger partial charge on any atom is 0.207 e. The van der Waals surface area contributed by atoms with Crippen LogP contribution in [0.5, 0.6) is 0 Å². The van der Waals surface area contributed by atoms with Crippen LogP contribution >= 0.6 is 0 Å². The van der Waals surface area contributed by atoms with Gasteiger partial charge in [-0.15, -0.1) is 0 Å². The molecule has 1 aliphatic carbocycles. The van der Waals surface area contributed by atoms with E-state index in [2.05, 4.69) is 51.5 Å². The quantitative estimate of drug-likeness (QED) is 0.707. The summed E-state index contributed by atoms with van der Waals surface area (Å²) in [6, 6.07) is 1.19. The topological polar surface area (TPSA) is 24.1 Å². The van der Waals surface area contributed by atoms with Gasteiger partial charge < -0.3 is 9.96 Å². The van der Waals surface area contributed by atoms with Gasteiger partial charge in [-0.2, -0.15) is 0 Å². The molecule has 0 unspecified atom stereocenters. The summed E-state index contributed by atoms with van der Waals surface area (Å²) in [7, 11) is -1.57. The van der Waals surface area contributed by atoms with E-state index in [0.717, 1.165) is 11.1 Å². The van der Waals surface area contributed by atoms with Gasteiger partial charge in [-0.1, -0.05) is 67.2 Å². The van der Waals surface area contributed by atoms with E-state index >= 15 is 0 Å². The van der Waals surface area contributed by atoms with Crippen LogP contribution in [0.4, 0.5) is 0 Å². The smallest absolute Gasteiger partial charge is 0.207 e. The fraction of sp³-hybridized carbons (Fsp3) is 1.00. The standard InChI is InChI=1S/C14H32N2Si/c1-11(2)15-17(13(5)6,16-12(3)4)14-9-7-8-10-14/h11-16H,7-10H2,1-6H3. The highest BCUT2D eigenvalue weighted by molar-refractivity contribution is 6.78. The normalized spacial score (nSPS) is 18.9. The van der Waals surface area contributed by atoms with Gasteiger partial charge >= 0.3 is 0 Å². The van der Waals surface area contributed by atoms with Crippen LogP contribution in [0.25, 0.3) is 0 Å². The Morgan fingerprint density at radius 3 is 1.53 bits per heavy atom. The van der Waals surface area contributed by atoms with E-state index in [1.54, 1.807) is 0 Å². The monoisotopic (exact) mass is 256 g/mol. The van der Waals surface area contributed by atoms with Gasteiger partial charge in [-0.05, 0) is 23.2 Å². The molecule has 3 heteroatoms. The van der Waals surface area contributed by atoms with Gasteiger partial charge in [0.15, 0.2) is 0 Å². The maximum atomic E-state index is 3.99. The van der Waals surface area contributed by atoms with E-state index in [-0.39, 0.29) is 0 Å². The second-order valence-electron chi connectivity index (χ2n) is 6.60. The molecule has 0 heterocycles. The van der Waals surface area contributed by atoms with Crippen LogP contribution < -0.4 is 9.96 Å². The van der Waals surface area contributed by atoms with E-state index in [4.69, 9.17) is 0 Å². The third-order valence-electron chi connectivity index (χ3n) is 3.96. The fourth-order valence-corrected chi connectivity index (χ4v) is 8.81. The lowest BCUT2D eigenvalue weighted by atomic mass is 10.4. The first-order chi connectivity index (χ1) is 7.88. The zero-order chi connectivity index (χ0) is 13.1. The average molecular weight is 257 g/mol. The van der Waals surface area contributed by atoms with E-state index < -0.39 is 8.40 Å². The van der Waals surface area contributed by atoms with E-state index in [9.17, 15) is 0 Å². The van der Waals surface area contributed by atoms with Crippen LogP contribution in [0.1, 0.15) is 67.2 Å². The summed E-state index contributed by atoms with van der Waals surface area (Å²) in [6.07, 6.45) is 5.74. The Hall–Kier alpha value is 0.137. The second kappa shape index (κ2) is 6.35. The Morgan fingerprint density at radius 1 is 0.824 bits per heavy atom. The van der Waals surface area contributed by atoms with Crippen LogP contribution in [0.2, 0.25) is 11.1 Å². The first kappa shape index (κ1) is 15.2. The molecule has 17 heavy (non-hydrogen) atoms. The van der Waals surface area contributed by atoms with Crippen molar-refractivity contribution in [3.05, 3.63) is 0 Å². The molecule has 0 aromatic rings. The number of nitrogens with one attached hydrogen (secondary N) is 2. The summed E-state index contributed by atoms with van der Waals surface area (Å²) in [6.45, 7) is 14.0. The molecule has 2 nitrogen and oxygen atoms in total. The van der Waals surface area contributed by atoms with Crippen molar-refractivity contribution in [3.63, 3.8) is 0 Å². The first-order valence-corrected chi connectivity index (χ1v) is 9.59. The summed E-state index contributed by atoms with van der Waals surface area (Å²) >= 11 is 0. The van der Waals surface area contributed by atoms with Crippen molar-refractivity contribution in [2.75, 3.05) is 0 Å². The van der Waals surface area contributed by atoms with Gasteiger partial charge in [-0.25, -0.2) is 0 Å². The van der Waals surface area contributed by atoms with Gasteiger partial charge in [0.25, 0.3) is 0 Å². The molecule has 0 aromatic heterocycles. The first-order valence-electron chi connectivity index (χ1n) is 7.44. The van der Waals surface area contributed by atoms with Crippen molar-refractivity contribution in [3.8, 4) is 0 Å². The van der Waals surface area contributed by atoms with Crippen LogP contribution in [-0.4, -0.2) is 20.5 Å². The van der Waals surface area contributed by atoms with Crippen molar-refractivity contribution in [2.24, 2.45) is 0 Å². The lowest BCUT2D eigenvalue weighted by Gasteiger charge is -2.44. The molecule has 1 aliphatic rings. The van der Waals surface area contributed by atoms with Gasteiger partial charge in [-0.3, -0.25) is 0 Å². The minimum atomic E-state index is -1.57. The van der Waals surface area contributed by atoms with E-state index in [0.29, 0.717) is 12.1 Å². The Morgan fingerprint density at radius 2 is 1.24 bits per heavy atom. The van der Waals surface area contributed by atoms with Crippen LogP contribution in [0.3, 0.4) is 0 Å². The third-order valence-corrected chi connectivity index (χ3v) is 9.76. The molecule has 0 saturated heterocycles. The van der Waals surface area contributed by atoms with Gasteiger partial charge in [0.2, 0.25) is 8.40 Å². The molecule has 102 valence electrons. The van der Waals surface area contributed by atoms with Gasteiger partial charge in [0.1, 0.15) is 0 Å². The molecule has 0 bridgehead atoms. The number of hydrogen-bond donors (Lipinski definition) is 2. The average Bonchev–Trinajstić information content (AvgIpc) is 2.67. The Bertz CT molecular complexity index is 210. The summed E-state index contributed by atoms with van der Waals surface area (Å²) in [5, 5.41) is 0. The molecule has 0 amide bonds.